The van der Waals surface area contributed by atoms with Crippen LogP contribution in [0.1, 0.15) is 75.2 Å². The number of hydrogen-bond donors (Lipinski definition) is 1. The summed E-state index contributed by atoms with van der Waals surface area (Å²) in [7, 11) is 1.90. The van der Waals surface area contributed by atoms with Crippen LogP contribution in [0.2, 0.25) is 10.0 Å². The lowest BCUT2D eigenvalue weighted by atomic mass is 9.87. The van der Waals surface area contributed by atoms with Gasteiger partial charge in [-0.1, -0.05) is 41.4 Å². The van der Waals surface area contributed by atoms with Crippen molar-refractivity contribution >= 4 is 57.5 Å². The molecule has 6 rings (SSSR count). The fourth-order valence-corrected chi connectivity index (χ4v) is 8.41. The average Bonchev–Trinajstić information content (AvgIpc) is 3.75. The maximum absolute atomic E-state index is 15.0. The highest BCUT2D eigenvalue weighted by atomic mass is 35.5. The predicted octanol–water partition coefficient (Wildman–Crippen LogP) is 6.85. The van der Waals surface area contributed by atoms with Crippen LogP contribution >= 0.6 is 23.2 Å². The Morgan fingerprint density at radius 1 is 0.960 bits per heavy atom. The molecule has 1 amide bonds. The molecule has 1 aromatic heterocycles. The minimum absolute atomic E-state index is 0.0229. The van der Waals surface area contributed by atoms with E-state index in [9.17, 15) is 9.59 Å². The van der Waals surface area contributed by atoms with E-state index in [1.54, 1.807) is 18.3 Å². The molecule has 3 heterocycles. The van der Waals surface area contributed by atoms with E-state index in [-0.39, 0.29) is 53.3 Å². The maximum atomic E-state index is 15.0. The molecule has 3 aliphatic rings. The number of morpholine rings is 1. The molecule has 0 bridgehead atoms. The first-order valence-electron chi connectivity index (χ1n) is 17.9. The van der Waals surface area contributed by atoms with E-state index in [2.05, 4.69) is 15.1 Å². The molecule has 10 nitrogen and oxygen atoms in total. The fraction of sp³-hybridized carbons (Fsp3) is 0.553. The van der Waals surface area contributed by atoms with Crippen LogP contribution in [0.4, 0.5) is 5.69 Å². The van der Waals surface area contributed by atoms with Gasteiger partial charge in [0.25, 0.3) is 5.91 Å². The summed E-state index contributed by atoms with van der Waals surface area (Å²) in [6.07, 6.45) is 5.88. The third-order valence-electron chi connectivity index (χ3n) is 10.2. The number of para-hydroxylation sites is 1. The van der Waals surface area contributed by atoms with Crippen LogP contribution in [0.25, 0.3) is 10.9 Å². The van der Waals surface area contributed by atoms with Gasteiger partial charge in [-0.25, -0.2) is 0 Å². The fourth-order valence-electron chi connectivity index (χ4n) is 7.94. The van der Waals surface area contributed by atoms with E-state index in [1.165, 1.54) is 0 Å². The second kappa shape index (κ2) is 15.7. The Bertz CT molecular complexity index is 1710. The van der Waals surface area contributed by atoms with Crippen molar-refractivity contribution in [1.29, 1.82) is 0 Å². The van der Waals surface area contributed by atoms with Crippen LogP contribution in [0.5, 0.6) is 0 Å². The normalized spacial score (nSPS) is 24.6. The molecule has 2 saturated heterocycles. The standard InChI is InChI=1S/C38H48Cl2N4O6/c1-5-48-37(47)26-12-14-28(15-13-26)50-38(43-16-8-9-17-43,44-21-24(2)49-25(3)22-44)35(45)19-27-18-32(40)33(20-31(27)39)41-36(46)30-23-42(4)34-11-7-6-10-29(30)34/h6-7,10-11,18,20,23-26,28H,5,8-9,12-17,19,21-22H2,1-4H3,(H,41,46)/t24-,25?,26?,28?,38?/m0/s1. The molecule has 1 N–H and O–H groups in total. The summed E-state index contributed by atoms with van der Waals surface area (Å²) < 4.78 is 20.4. The van der Waals surface area contributed by atoms with Crippen LogP contribution in [0.3, 0.4) is 0 Å². The third kappa shape index (κ3) is 7.61. The van der Waals surface area contributed by atoms with Gasteiger partial charge in [-0.15, -0.1) is 0 Å². The summed E-state index contributed by atoms with van der Waals surface area (Å²) in [6.45, 7) is 8.72. The van der Waals surface area contributed by atoms with Crippen molar-refractivity contribution in [2.45, 2.75) is 89.9 Å². The number of halogens is 2. The first kappa shape index (κ1) is 36.8. The molecule has 0 spiro atoms. The van der Waals surface area contributed by atoms with Gasteiger partial charge in [-0.2, -0.15) is 0 Å². The van der Waals surface area contributed by atoms with Crippen molar-refractivity contribution in [3.63, 3.8) is 0 Å². The van der Waals surface area contributed by atoms with Crippen molar-refractivity contribution in [3.05, 3.63) is 63.8 Å². The molecule has 1 aliphatic carbocycles. The Balaban J connectivity index is 1.27. The van der Waals surface area contributed by atoms with Gasteiger partial charge in [-0.05, 0) is 83.1 Å². The number of nitrogens with one attached hydrogen (secondary N) is 1. The second-order valence-corrected chi connectivity index (χ2v) is 14.8. The van der Waals surface area contributed by atoms with E-state index in [1.807, 2.05) is 56.7 Å². The SMILES string of the molecule is CCOC(=O)C1CCC(OC(C(=O)Cc2cc(Cl)c(NC(=O)c3cn(C)c4ccccc34)cc2Cl)(N2CCCC2)N2CC(C)O[C@@H](C)C2)CC1. The number of fused-ring (bicyclic) bond motifs is 1. The molecule has 1 saturated carbocycles. The van der Waals surface area contributed by atoms with Crippen LogP contribution in [-0.2, 0) is 37.3 Å². The number of carbonyl (C=O) groups excluding carboxylic acids is 3. The van der Waals surface area contributed by atoms with E-state index in [0.717, 1.165) is 36.8 Å². The molecule has 3 atom stereocenters. The zero-order chi connectivity index (χ0) is 35.6. The van der Waals surface area contributed by atoms with Crippen LogP contribution < -0.4 is 5.32 Å². The molecule has 270 valence electrons. The van der Waals surface area contributed by atoms with Gasteiger partial charge in [0.1, 0.15) is 0 Å². The zero-order valence-corrected chi connectivity index (χ0v) is 30.9. The third-order valence-corrected chi connectivity index (χ3v) is 10.9. The molecular weight excluding hydrogens is 679 g/mol. The highest BCUT2D eigenvalue weighted by molar-refractivity contribution is 6.36. The number of Topliss-reactive ketones (excluding diaryl/α,β-unsaturated/α-hetero) is 1. The van der Waals surface area contributed by atoms with Crippen molar-refractivity contribution < 1.29 is 28.6 Å². The topological polar surface area (TPSA) is 102 Å². The Morgan fingerprint density at radius 2 is 1.64 bits per heavy atom. The Kier molecular flexibility index (Phi) is 11.6. The number of rotatable bonds is 11. The van der Waals surface area contributed by atoms with Crippen molar-refractivity contribution in [2.75, 3.05) is 38.1 Å². The molecule has 2 aromatic carbocycles. The van der Waals surface area contributed by atoms with E-state index >= 15 is 4.79 Å². The molecular formula is C38H48Cl2N4O6. The highest BCUT2D eigenvalue weighted by Crippen LogP contribution is 2.39. The van der Waals surface area contributed by atoms with Crippen LogP contribution in [0, 0.1) is 5.92 Å². The molecule has 0 radical (unpaired) electrons. The number of nitrogens with zero attached hydrogens (tertiary/aromatic N) is 3. The van der Waals surface area contributed by atoms with Gasteiger partial charge in [0.05, 0.1) is 47.1 Å². The van der Waals surface area contributed by atoms with Crippen molar-refractivity contribution in [2.24, 2.45) is 13.0 Å². The minimum atomic E-state index is -1.35. The second-order valence-electron chi connectivity index (χ2n) is 14.0. The first-order valence-corrected chi connectivity index (χ1v) is 18.6. The molecule has 2 aliphatic heterocycles. The maximum Gasteiger partial charge on any atom is 0.308 e. The molecule has 3 aromatic rings. The average molecular weight is 728 g/mol. The van der Waals surface area contributed by atoms with Crippen molar-refractivity contribution in [1.82, 2.24) is 14.4 Å². The molecule has 50 heavy (non-hydrogen) atoms. The van der Waals surface area contributed by atoms with E-state index in [0.29, 0.717) is 67.2 Å². The number of anilines is 1. The van der Waals surface area contributed by atoms with Gasteiger partial charge >= 0.3 is 5.97 Å². The predicted molar refractivity (Wildman–Crippen MR) is 195 cm³/mol. The minimum Gasteiger partial charge on any atom is -0.466 e. The monoisotopic (exact) mass is 726 g/mol. The lowest BCUT2D eigenvalue weighted by Crippen LogP contribution is -2.71. The quantitative estimate of drug-likeness (QED) is 0.214. The summed E-state index contributed by atoms with van der Waals surface area (Å²) >= 11 is 13.7. The summed E-state index contributed by atoms with van der Waals surface area (Å²) in [6, 6.07) is 11.0. The summed E-state index contributed by atoms with van der Waals surface area (Å²) in [5.41, 5.74) is 2.38. The number of carbonyl (C=O) groups is 3. The summed E-state index contributed by atoms with van der Waals surface area (Å²) in [5, 5.41) is 4.36. The number of esters is 1. The number of benzene rings is 2. The first-order chi connectivity index (χ1) is 24.0. The Hall–Kier alpha value is -2.99. The molecule has 2 unspecified atom stereocenters. The van der Waals surface area contributed by atoms with Crippen LogP contribution in [-0.4, -0.2) is 89.0 Å². The smallest absolute Gasteiger partial charge is 0.308 e. The summed E-state index contributed by atoms with van der Waals surface area (Å²) in [4.78, 5) is 45.3. The molecule has 3 fully saturated rings. The Morgan fingerprint density at radius 3 is 2.32 bits per heavy atom. The number of aromatic nitrogens is 1. The number of amides is 1. The number of likely N-dealkylation sites (tertiary alicyclic amines) is 1. The number of hydrogen-bond acceptors (Lipinski definition) is 8. The number of ketones is 1. The summed E-state index contributed by atoms with van der Waals surface area (Å²) in [5.74, 6) is -2.10. The lowest BCUT2D eigenvalue weighted by Gasteiger charge is -2.52. The van der Waals surface area contributed by atoms with Gasteiger partial charge < -0.3 is 24.1 Å². The number of aryl methyl sites for hydroxylation is 1. The van der Waals surface area contributed by atoms with Gasteiger partial charge in [-0.3, -0.25) is 24.2 Å². The Labute approximate surface area is 304 Å². The van der Waals surface area contributed by atoms with E-state index < -0.39 is 5.85 Å². The van der Waals surface area contributed by atoms with Gasteiger partial charge in [0.2, 0.25) is 5.85 Å². The van der Waals surface area contributed by atoms with Gasteiger partial charge in [0, 0.05) is 61.8 Å². The largest absolute Gasteiger partial charge is 0.466 e. The zero-order valence-electron chi connectivity index (χ0n) is 29.4. The van der Waals surface area contributed by atoms with Gasteiger partial charge in [0.15, 0.2) is 5.78 Å². The lowest BCUT2D eigenvalue weighted by molar-refractivity contribution is -0.274. The van der Waals surface area contributed by atoms with Crippen LogP contribution in [0.15, 0.2) is 42.6 Å². The highest BCUT2D eigenvalue weighted by Gasteiger charge is 2.54. The molecule has 12 heteroatoms. The number of ether oxygens (including phenoxy) is 3. The van der Waals surface area contributed by atoms with E-state index in [4.69, 9.17) is 37.4 Å². The van der Waals surface area contributed by atoms with Crippen molar-refractivity contribution in [3.8, 4) is 0 Å².